The number of carbonyl (C=O) groups excluding carboxylic acids is 1. The topological polar surface area (TPSA) is 26.3 Å². The van der Waals surface area contributed by atoms with Crippen molar-refractivity contribution in [1.82, 2.24) is 0 Å². The van der Waals surface area contributed by atoms with E-state index in [1.165, 1.54) is 12.1 Å². The number of hydrogen-bond donors (Lipinski definition) is 0. The van der Waals surface area contributed by atoms with Gasteiger partial charge in [0.1, 0.15) is 6.08 Å². The quantitative estimate of drug-likeness (QED) is 0.552. The van der Waals surface area contributed by atoms with Crippen LogP contribution in [0.4, 0.5) is 0 Å². The van der Waals surface area contributed by atoms with E-state index in [-0.39, 0.29) is 11.1 Å². The number of hydrogen-bond acceptors (Lipinski definition) is 2. The summed E-state index contributed by atoms with van der Waals surface area (Å²) in [4.78, 5) is 11.4. The van der Waals surface area contributed by atoms with Crippen molar-refractivity contribution in [3.8, 4) is 0 Å². The molecule has 1 aliphatic heterocycles. The molecule has 2 nitrogen and oxygen atoms in total. The summed E-state index contributed by atoms with van der Waals surface area (Å²) < 4.78 is 34.4. The molecule has 62 valence electrons. The highest BCUT2D eigenvalue weighted by Gasteiger charge is 2.26. The SMILES string of the molecule is [2H]C([2H])([2H])C1([2H])OC(=O)c2ccc(C)cc21. The molecule has 0 radical (unpaired) electrons. The van der Waals surface area contributed by atoms with Crippen LogP contribution in [0.15, 0.2) is 18.2 Å². The van der Waals surface area contributed by atoms with Crippen LogP contribution in [0.5, 0.6) is 0 Å². The van der Waals surface area contributed by atoms with Gasteiger partial charge in [-0.15, -0.1) is 0 Å². The van der Waals surface area contributed by atoms with E-state index < -0.39 is 18.9 Å². The van der Waals surface area contributed by atoms with Crippen LogP contribution in [-0.2, 0) is 4.74 Å². The Bertz CT molecular complexity index is 466. The Balaban J connectivity index is 2.66. The number of ether oxygens (including phenoxy) is 1. The largest absolute Gasteiger partial charge is 0.454 e. The number of cyclic esters (lactones) is 1. The molecule has 0 aliphatic carbocycles. The third-order valence-electron chi connectivity index (χ3n) is 1.83. The number of aryl methyl sites for hydroxylation is 1. The molecule has 1 aromatic carbocycles. The number of esters is 1. The van der Waals surface area contributed by atoms with E-state index in [1.807, 2.05) is 0 Å². The van der Waals surface area contributed by atoms with Crippen LogP contribution < -0.4 is 0 Å². The molecule has 1 unspecified atom stereocenters. The van der Waals surface area contributed by atoms with Crippen LogP contribution in [0.3, 0.4) is 0 Å². The lowest BCUT2D eigenvalue weighted by Crippen LogP contribution is -1.93. The molecule has 0 bridgehead atoms. The number of fused-ring (bicyclic) bond motifs is 1. The standard InChI is InChI=1S/C10H10O2/c1-6-3-4-8-9(5-6)7(2)12-10(8)11/h3-5,7H,1-2H3/i2D3,7D. The van der Waals surface area contributed by atoms with E-state index in [4.69, 9.17) is 10.2 Å². The summed E-state index contributed by atoms with van der Waals surface area (Å²) >= 11 is 0. The maximum Gasteiger partial charge on any atom is 0.339 e. The first-order valence-corrected chi connectivity index (χ1v) is 3.60. The third-order valence-corrected chi connectivity index (χ3v) is 1.83. The predicted octanol–water partition coefficient (Wildman–Crippen LogP) is 2.23. The number of carbonyl (C=O) groups is 1. The summed E-state index contributed by atoms with van der Waals surface area (Å²) in [5.41, 5.74) is 1.08. The fourth-order valence-corrected chi connectivity index (χ4v) is 1.23. The van der Waals surface area contributed by atoms with E-state index in [2.05, 4.69) is 0 Å². The molecular formula is C10H10O2. The van der Waals surface area contributed by atoms with Crippen LogP contribution in [0.25, 0.3) is 0 Å². The Morgan fingerprint density at radius 1 is 1.67 bits per heavy atom. The summed E-state index contributed by atoms with van der Waals surface area (Å²) in [6, 6.07) is 4.69. The smallest absolute Gasteiger partial charge is 0.339 e. The first kappa shape index (κ1) is 4.08. The normalized spacial score (nSPS) is 32.6. The van der Waals surface area contributed by atoms with Gasteiger partial charge in [-0.3, -0.25) is 0 Å². The van der Waals surface area contributed by atoms with Crippen molar-refractivity contribution >= 4 is 5.97 Å². The van der Waals surface area contributed by atoms with Crippen LogP contribution in [0, 0.1) is 6.92 Å². The molecule has 1 aliphatic rings. The molecule has 0 N–H and O–H groups in total. The van der Waals surface area contributed by atoms with Gasteiger partial charge in [-0.1, -0.05) is 17.7 Å². The molecule has 12 heavy (non-hydrogen) atoms. The first-order valence-electron chi connectivity index (χ1n) is 5.60. The van der Waals surface area contributed by atoms with Gasteiger partial charge in [0.15, 0.2) is 0 Å². The highest BCUT2D eigenvalue weighted by Crippen LogP contribution is 2.30. The molecule has 0 aromatic heterocycles. The van der Waals surface area contributed by atoms with Crippen molar-refractivity contribution in [3.63, 3.8) is 0 Å². The molecule has 0 spiro atoms. The van der Waals surface area contributed by atoms with Crippen LogP contribution in [0.1, 0.15) is 39.9 Å². The summed E-state index contributed by atoms with van der Waals surface area (Å²) in [6.45, 7) is -0.926. The van der Waals surface area contributed by atoms with Crippen molar-refractivity contribution in [1.29, 1.82) is 0 Å². The van der Waals surface area contributed by atoms with Gasteiger partial charge < -0.3 is 4.74 Å². The molecule has 1 atom stereocenters. The van der Waals surface area contributed by atoms with Crippen LogP contribution >= 0.6 is 0 Å². The molecule has 0 fully saturated rings. The Morgan fingerprint density at radius 2 is 2.50 bits per heavy atom. The summed E-state index contributed by atoms with van der Waals surface area (Å²) in [5.74, 6) is -0.749. The minimum absolute atomic E-state index is 0.123. The van der Waals surface area contributed by atoms with E-state index in [1.54, 1.807) is 13.0 Å². The highest BCUT2D eigenvalue weighted by molar-refractivity contribution is 5.94. The average Bonchev–Trinajstić information content (AvgIpc) is 2.39. The second-order valence-corrected chi connectivity index (χ2v) is 2.77. The maximum absolute atomic E-state index is 11.4. The number of rotatable bonds is 0. The summed E-state index contributed by atoms with van der Waals surface area (Å²) in [6.07, 6.45) is -2.27. The molecule has 1 aromatic rings. The van der Waals surface area contributed by atoms with Crippen LogP contribution in [0.2, 0.25) is 0 Å². The Labute approximate surface area is 76.8 Å². The zero-order valence-corrected chi connectivity index (χ0v) is 6.55. The zero-order chi connectivity index (χ0) is 12.1. The van der Waals surface area contributed by atoms with Gasteiger partial charge in [-0.2, -0.15) is 0 Å². The lowest BCUT2D eigenvalue weighted by atomic mass is 10.0. The minimum Gasteiger partial charge on any atom is -0.454 e. The van der Waals surface area contributed by atoms with Crippen molar-refractivity contribution in [3.05, 3.63) is 34.9 Å². The Morgan fingerprint density at radius 3 is 3.25 bits per heavy atom. The third kappa shape index (κ3) is 0.916. The van der Waals surface area contributed by atoms with Crippen LogP contribution in [-0.4, -0.2) is 5.97 Å². The lowest BCUT2D eigenvalue weighted by molar-refractivity contribution is 0.0422. The molecule has 2 heteroatoms. The van der Waals surface area contributed by atoms with E-state index in [0.717, 1.165) is 5.56 Å². The maximum atomic E-state index is 11.4. The molecule has 2 rings (SSSR count). The van der Waals surface area contributed by atoms with E-state index >= 15 is 0 Å². The fraction of sp³-hybridized carbons (Fsp3) is 0.300. The molecular weight excluding hydrogens is 152 g/mol. The van der Waals surface area contributed by atoms with Gasteiger partial charge >= 0.3 is 5.97 Å². The molecule has 0 saturated carbocycles. The second kappa shape index (κ2) is 2.34. The van der Waals surface area contributed by atoms with Gasteiger partial charge in [0, 0.05) is 9.68 Å². The average molecular weight is 166 g/mol. The number of benzene rings is 1. The molecule has 0 saturated heterocycles. The van der Waals surface area contributed by atoms with Gasteiger partial charge in [-0.25, -0.2) is 4.79 Å². The Hall–Kier alpha value is -1.31. The summed E-state index contributed by atoms with van der Waals surface area (Å²) in [7, 11) is 0. The Kier molecular flexibility index (Phi) is 0.795. The van der Waals surface area contributed by atoms with Crippen molar-refractivity contribution in [2.24, 2.45) is 0 Å². The van der Waals surface area contributed by atoms with Crippen molar-refractivity contribution in [2.45, 2.75) is 19.9 Å². The van der Waals surface area contributed by atoms with Gasteiger partial charge in [0.05, 0.1) is 6.93 Å². The summed E-state index contributed by atoms with van der Waals surface area (Å²) in [5, 5.41) is 0. The van der Waals surface area contributed by atoms with Crippen molar-refractivity contribution < 1.29 is 15.0 Å². The minimum atomic E-state index is -2.69. The molecule has 0 amide bonds. The van der Waals surface area contributed by atoms with E-state index in [9.17, 15) is 4.79 Å². The lowest BCUT2D eigenvalue weighted by Gasteiger charge is -2.01. The van der Waals surface area contributed by atoms with E-state index in [0.29, 0.717) is 0 Å². The predicted molar refractivity (Wildman–Crippen MR) is 45.0 cm³/mol. The van der Waals surface area contributed by atoms with Crippen molar-refractivity contribution in [2.75, 3.05) is 0 Å². The fourth-order valence-electron chi connectivity index (χ4n) is 1.23. The first-order chi connectivity index (χ1) is 7.25. The van der Waals surface area contributed by atoms with Gasteiger partial charge in [0.2, 0.25) is 0 Å². The van der Waals surface area contributed by atoms with Gasteiger partial charge in [-0.05, 0) is 19.8 Å². The monoisotopic (exact) mass is 166 g/mol. The molecule has 1 heterocycles. The zero-order valence-electron chi connectivity index (χ0n) is 10.5. The van der Waals surface area contributed by atoms with Gasteiger partial charge in [0.25, 0.3) is 0 Å². The second-order valence-electron chi connectivity index (χ2n) is 2.77. The highest BCUT2D eigenvalue weighted by atomic mass is 16.5.